The lowest BCUT2D eigenvalue weighted by Gasteiger charge is -2.27. The minimum Gasteiger partial charge on any atom is -0.368 e. The van der Waals surface area contributed by atoms with Crippen LogP contribution in [0.25, 0.3) is 0 Å². The molecule has 0 saturated heterocycles. The third-order valence-electron chi connectivity index (χ3n) is 3.33. The van der Waals surface area contributed by atoms with Gasteiger partial charge in [0.1, 0.15) is 0 Å². The Kier molecular flexibility index (Phi) is 4.76. The summed E-state index contributed by atoms with van der Waals surface area (Å²) in [5.41, 5.74) is 4.92. The summed E-state index contributed by atoms with van der Waals surface area (Å²) < 4.78 is 0. The predicted molar refractivity (Wildman–Crippen MR) is 80.6 cm³/mol. The summed E-state index contributed by atoms with van der Waals surface area (Å²) in [7, 11) is 0. The first-order valence-electron chi connectivity index (χ1n) is 6.45. The fourth-order valence-electron chi connectivity index (χ4n) is 1.85. The highest BCUT2D eigenvalue weighted by Gasteiger charge is 2.36. The summed E-state index contributed by atoms with van der Waals surface area (Å²) in [6.07, 6.45) is 3.02. The monoisotopic (exact) mass is 298 g/mol. The molecule has 0 aromatic heterocycles. The molecule has 19 heavy (non-hydrogen) atoms. The standard InChI is InChI=1S/C14H19ClN2OS/c1-14(13(16)18,17-11-4-5-11)8-9-19-12-6-2-10(15)3-7-12/h2-3,6-7,11,17H,4-5,8-9H2,1H3,(H2,16,18). The van der Waals surface area contributed by atoms with Crippen molar-refractivity contribution in [3.63, 3.8) is 0 Å². The number of amides is 1. The van der Waals surface area contributed by atoms with Crippen molar-refractivity contribution < 1.29 is 4.79 Å². The van der Waals surface area contributed by atoms with Gasteiger partial charge in [0, 0.05) is 21.7 Å². The van der Waals surface area contributed by atoms with Crippen molar-refractivity contribution in [2.24, 2.45) is 5.73 Å². The highest BCUT2D eigenvalue weighted by Crippen LogP contribution is 2.27. The van der Waals surface area contributed by atoms with E-state index in [9.17, 15) is 4.79 Å². The molecule has 0 bridgehead atoms. The number of benzene rings is 1. The Hall–Kier alpha value is -0.710. The van der Waals surface area contributed by atoms with Crippen LogP contribution in [-0.4, -0.2) is 23.2 Å². The topological polar surface area (TPSA) is 55.1 Å². The molecular weight excluding hydrogens is 280 g/mol. The summed E-state index contributed by atoms with van der Waals surface area (Å²) in [5.74, 6) is 0.581. The lowest BCUT2D eigenvalue weighted by molar-refractivity contribution is -0.124. The van der Waals surface area contributed by atoms with Crippen LogP contribution in [-0.2, 0) is 4.79 Å². The van der Waals surface area contributed by atoms with Crippen LogP contribution in [0, 0.1) is 0 Å². The summed E-state index contributed by atoms with van der Waals surface area (Å²) in [5, 5.41) is 4.09. The maximum Gasteiger partial charge on any atom is 0.237 e. The van der Waals surface area contributed by atoms with Crippen LogP contribution >= 0.6 is 23.4 Å². The average Bonchev–Trinajstić information content (AvgIpc) is 3.15. The second kappa shape index (κ2) is 6.16. The van der Waals surface area contributed by atoms with Gasteiger partial charge in [-0.05, 0) is 50.5 Å². The number of halogens is 1. The number of carbonyl (C=O) groups is 1. The molecule has 1 fully saturated rings. The van der Waals surface area contributed by atoms with Crippen molar-refractivity contribution in [1.29, 1.82) is 0 Å². The van der Waals surface area contributed by atoms with Crippen LogP contribution in [0.1, 0.15) is 26.2 Å². The lowest BCUT2D eigenvalue weighted by Crippen LogP contribution is -2.54. The molecule has 1 atom stereocenters. The number of hydrogen-bond donors (Lipinski definition) is 2. The van der Waals surface area contributed by atoms with Crippen LogP contribution in [0.2, 0.25) is 5.02 Å². The first-order valence-corrected chi connectivity index (χ1v) is 7.82. The third kappa shape index (κ3) is 4.41. The van der Waals surface area contributed by atoms with E-state index in [1.54, 1.807) is 11.8 Å². The fourth-order valence-corrected chi connectivity index (χ4v) is 3.05. The Labute approximate surface area is 123 Å². The molecule has 104 valence electrons. The highest BCUT2D eigenvalue weighted by molar-refractivity contribution is 7.99. The Morgan fingerprint density at radius 1 is 1.47 bits per heavy atom. The number of primary amides is 1. The first-order chi connectivity index (χ1) is 8.99. The third-order valence-corrected chi connectivity index (χ3v) is 4.59. The zero-order valence-corrected chi connectivity index (χ0v) is 12.6. The fraction of sp³-hybridized carbons (Fsp3) is 0.500. The van der Waals surface area contributed by atoms with E-state index in [4.69, 9.17) is 17.3 Å². The second-order valence-electron chi connectivity index (χ2n) is 5.17. The molecule has 3 nitrogen and oxygen atoms in total. The van der Waals surface area contributed by atoms with Crippen LogP contribution < -0.4 is 11.1 Å². The minimum atomic E-state index is -0.597. The van der Waals surface area contributed by atoms with E-state index in [0.717, 1.165) is 34.9 Å². The van der Waals surface area contributed by atoms with Gasteiger partial charge in [-0.3, -0.25) is 4.79 Å². The zero-order chi connectivity index (χ0) is 13.9. The van der Waals surface area contributed by atoms with Gasteiger partial charge in [-0.15, -0.1) is 11.8 Å². The molecule has 5 heteroatoms. The summed E-state index contributed by atoms with van der Waals surface area (Å²) in [4.78, 5) is 12.8. The molecule has 1 aromatic carbocycles. The Morgan fingerprint density at radius 2 is 2.11 bits per heavy atom. The van der Waals surface area contributed by atoms with Gasteiger partial charge in [0.15, 0.2) is 0 Å². The van der Waals surface area contributed by atoms with Crippen molar-refractivity contribution in [3.8, 4) is 0 Å². The molecule has 1 aliphatic rings. The lowest BCUT2D eigenvalue weighted by atomic mass is 9.98. The van der Waals surface area contributed by atoms with Gasteiger partial charge in [-0.2, -0.15) is 0 Å². The van der Waals surface area contributed by atoms with E-state index in [1.165, 1.54) is 0 Å². The van der Waals surface area contributed by atoms with Crippen LogP contribution in [0.5, 0.6) is 0 Å². The number of carbonyl (C=O) groups excluding carboxylic acids is 1. The van der Waals surface area contributed by atoms with Crippen molar-refractivity contribution in [1.82, 2.24) is 5.32 Å². The number of thioether (sulfide) groups is 1. The smallest absolute Gasteiger partial charge is 0.237 e. The van der Waals surface area contributed by atoms with E-state index in [0.29, 0.717) is 6.04 Å². The molecule has 3 N–H and O–H groups in total. The Bertz CT molecular complexity index is 447. The maximum absolute atomic E-state index is 11.6. The molecule has 1 aliphatic carbocycles. The number of nitrogens with two attached hydrogens (primary N) is 1. The minimum absolute atomic E-state index is 0.267. The van der Waals surface area contributed by atoms with Crippen molar-refractivity contribution in [3.05, 3.63) is 29.3 Å². The first kappa shape index (κ1) is 14.7. The molecule has 2 rings (SSSR count). The summed E-state index contributed by atoms with van der Waals surface area (Å²) in [6, 6.07) is 8.20. The van der Waals surface area contributed by atoms with Gasteiger partial charge in [-0.25, -0.2) is 0 Å². The number of nitrogens with one attached hydrogen (secondary N) is 1. The van der Waals surface area contributed by atoms with E-state index in [1.807, 2.05) is 31.2 Å². The van der Waals surface area contributed by atoms with Gasteiger partial charge in [-0.1, -0.05) is 11.6 Å². The Morgan fingerprint density at radius 3 is 2.63 bits per heavy atom. The zero-order valence-electron chi connectivity index (χ0n) is 11.0. The van der Waals surface area contributed by atoms with E-state index < -0.39 is 5.54 Å². The van der Waals surface area contributed by atoms with Crippen LogP contribution in [0.4, 0.5) is 0 Å². The van der Waals surface area contributed by atoms with Crippen LogP contribution in [0.3, 0.4) is 0 Å². The van der Waals surface area contributed by atoms with Gasteiger partial charge in [0.05, 0.1) is 5.54 Å². The largest absolute Gasteiger partial charge is 0.368 e. The predicted octanol–water partition coefficient (Wildman–Crippen LogP) is 2.82. The molecule has 1 unspecified atom stereocenters. The van der Waals surface area contributed by atoms with E-state index in [2.05, 4.69) is 5.32 Å². The van der Waals surface area contributed by atoms with Crippen molar-refractivity contribution in [2.45, 2.75) is 42.7 Å². The Balaban J connectivity index is 1.84. The number of hydrogen-bond acceptors (Lipinski definition) is 3. The summed E-state index contributed by atoms with van der Waals surface area (Å²) >= 11 is 7.56. The molecule has 0 heterocycles. The maximum atomic E-state index is 11.6. The summed E-state index contributed by atoms with van der Waals surface area (Å²) in [6.45, 7) is 1.90. The molecule has 0 spiro atoms. The molecule has 1 amide bonds. The molecule has 1 aromatic rings. The van der Waals surface area contributed by atoms with Gasteiger partial charge < -0.3 is 11.1 Å². The van der Waals surface area contributed by atoms with Gasteiger partial charge in [0.2, 0.25) is 5.91 Å². The van der Waals surface area contributed by atoms with Crippen LogP contribution in [0.15, 0.2) is 29.2 Å². The molecule has 0 aliphatic heterocycles. The van der Waals surface area contributed by atoms with E-state index in [-0.39, 0.29) is 5.91 Å². The van der Waals surface area contributed by atoms with Crippen molar-refractivity contribution >= 4 is 29.3 Å². The van der Waals surface area contributed by atoms with Gasteiger partial charge in [0.25, 0.3) is 0 Å². The number of rotatable bonds is 7. The SMILES string of the molecule is CC(CCSc1ccc(Cl)cc1)(NC1CC1)C(N)=O. The van der Waals surface area contributed by atoms with Crippen molar-refractivity contribution in [2.75, 3.05) is 5.75 Å². The second-order valence-corrected chi connectivity index (χ2v) is 6.77. The normalized spacial score (nSPS) is 18.0. The average molecular weight is 299 g/mol. The molecule has 1 saturated carbocycles. The molecule has 0 radical (unpaired) electrons. The quantitative estimate of drug-likeness (QED) is 0.761. The van der Waals surface area contributed by atoms with Gasteiger partial charge >= 0.3 is 0 Å². The highest BCUT2D eigenvalue weighted by atomic mass is 35.5. The van der Waals surface area contributed by atoms with E-state index >= 15 is 0 Å². The molecular formula is C14H19ClN2OS.